The van der Waals surface area contributed by atoms with Crippen molar-refractivity contribution in [3.05, 3.63) is 59.3 Å². The minimum Gasteiger partial charge on any atom is -0.339 e. The first-order valence-corrected chi connectivity index (χ1v) is 7.48. The van der Waals surface area contributed by atoms with Crippen molar-refractivity contribution in [2.24, 2.45) is 0 Å². The molecule has 6 nitrogen and oxygen atoms in total. The standard InChI is InChI=1S/C16H12ClFN4O2/c17-10-4-5-12(11(18)9-10)20-14(23)6-7-15-21-16(22-24-15)13-3-1-2-8-19-13/h1-5,8-9H,6-7H2,(H,20,23). The fraction of sp³-hybridized carbons (Fsp3) is 0.125. The maximum atomic E-state index is 13.6. The maximum absolute atomic E-state index is 13.6. The molecular weight excluding hydrogens is 335 g/mol. The number of nitrogens with zero attached hydrogens (tertiary/aromatic N) is 3. The van der Waals surface area contributed by atoms with E-state index >= 15 is 0 Å². The molecular formula is C16H12ClFN4O2. The molecule has 0 aliphatic carbocycles. The fourth-order valence-electron chi connectivity index (χ4n) is 1.98. The predicted octanol–water partition coefficient (Wildman–Crippen LogP) is 3.50. The first-order chi connectivity index (χ1) is 11.6. The van der Waals surface area contributed by atoms with Gasteiger partial charge in [0.1, 0.15) is 11.5 Å². The lowest BCUT2D eigenvalue weighted by molar-refractivity contribution is -0.116. The van der Waals surface area contributed by atoms with Crippen LogP contribution in [-0.4, -0.2) is 21.0 Å². The molecule has 0 spiro atoms. The Morgan fingerprint density at radius 3 is 2.92 bits per heavy atom. The molecule has 0 radical (unpaired) electrons. The average Bonchev–Trinajstić information content (AvgIpc) is 3.05. The van der Waals surface area contributed by atoms with Gasteiger partial charge in [0.05, 0.1) is 5.69 Å². The average molecular weight is 347 g/mol. The van der Waals surface area contributed by atoms with E-state index in [0.717, 1.165) is 6.07 Å². The molecule has 0 unspecified atom stereocenters. The summed E-state index contributed by atoms with van der Waals surface area (Å²) in [4.78, 5) is 20.2. The number of pyridine rings is 1. The van der Waals surface area contributed by atoms with Gasteiger partial charge in [-0.25, -0.2) is 4.39 Å². The van der Waals surface area contributed by atoms with E-state index < -0.39 is 5.82 Å². The number of carbonyl (C=O) groups is 1. The number of aromatic nitrogens is 3. The third-order valence-corrected chi connectivity index (χ3v) is 3.37. The van der Waals surface area contributed by atoms with Crippen molar-refractivity contribution in [3.63, 3.8) is 0 Å². The number of aryl methyl sites for hydroxylation is 1. The Bertz CT molecular complexity index is 854. The highest BCUT2D eigenvalue weighted by Gasteiger charge is 2.12. The molecule has 2 heterocycles. The Balaban J connectivity index is 1.58. The van der Waals surface area contributed by atoms with Crippen molar-refractivity contribution in [1.82, 2.24) is 15.1 Å². The highest BCUT2D eigenvalue weighted by Crippen LogP contribution is 2.19. The van der Waals surface area contributed by atoms with Gasteiger partial charge in [0.25, 0.3) is 0 Å². The van der Waals surface area contributed by atoms with Crippen LogP contribution in [0.4, 0.5) is 10.1 Å². The van der Waals surface area contributed by atoms with E-state index in [1.807, 2.05) is 6.07 Å². The molecule has 0 bridgehead atoms. The van der Waals surface area contributed by atoms with Crippen LogP contribution in [-0.2, 0) is 11.2 Å². The van der Waals surface area contributed by atoms with Crippen molar-refractivity contribution in [1.29, 1.82) is 0 Å². The number of halogens is 2. The predicted molar refractivity (Wildman–Crippen MR) is 85.9 cm³/mol. The lowest BCUT2D eigenvalue weighted by Crippen LogP contribution is -2.13. The second-order valence-electron chi connectivity index (χ2n) is 4.90. The van der Waals surface area contributed by atoms with Crippen LogP contribution in [0.2, 0.25) is 5.02 Å². The molecule has 0 saturated heterocycles. The monoisotopic (exact) mass is 346 g/mol. The van der Waals surface area contributed by atoms with Crippen molar-refractivity contribution in [2.75, 3.05) is 5.32 Å². The molecule has 24 heavy (non-hydrogen) atoms. The first-order valence-electron chi connectivity index (χ1n) is 7.11. The molecule has 122 valence electrons. The number of amides is 1. The summed E-state index contributed by atoms with van der Waals surface area (Å²) >= 11 is 5.66. The molecule has 0 aliphatic heterocycles. The quantitative estimate of drug-likeness (QED) is 0.764. The van der Waals surface area contributed by atoms with E-state index in [-0.39, 0.29) is 29.5 Å². The Labute approximate surface area is 141 Å². The first kappa shape index (κ1) is 16.1. The van der Waals surface area contributed by atoms with E-state index in [0.29, 0.717) is 17.4 Å². The summed E-state index contributed by atoms with van der Waals surface area (Å²) in [5, 5.41) is 6.55. The van der Waals surface area contributed by atoms with E-state index in [1.54, 1.807) is 18.3 Å². The Hall–Kier alpha value is -2.80. The van der Waals surface area contributed by atoms with E-state index in [2.05, 4.69) is 20.4 Å². The van der Waals surface area contributed by atoms with Gasteiger partial charge >= 0.3 is 0 Å². The Kier molecular flexibility index (Phi) is 4.81. The van der Waals surface area contributed by atoms with Gasteiger partial charge in [-0.3, -0.25) is 9.78 Å². The molecule has 2 aromatic heterocycles. The molecule has 1 aromatic carbocycles. The summed E-state index contributed by atoms with van der Waals surface area (Å²) in [5.41, 5.74) is 0.657. The number of hydrogen-bond donors (Lipinski definition) is 1. The van der Waals surface area contributed by atoms with Gasteiger partial charge < -0.3 is 9.84 Å². The molecule has 0 fully saturated rings. The number of carbonyl (C=O) groups excluding carboxylic acids is 1. The summed E-state index contributed by atoms with van der Waals surface area (Å²) in [6.45, 7) is 0. The van der Waals surface area contributed by atoms with Crippen LogP contribution < -0.4 is 5.32 Å². The van der Waals surface area contributed by atoms with Crippen LogP contribution in [0.1, 0.15) is 12.3 Å². The van der Waals surface area contributed by atoms with Crippen molar-refractivity contribution in [2.45, 2.75) is 12.8 Å². The molecule has 1 N–H and O–H groups in total. The van der Waals surface area contributed by atoms with Crippen LogP contribution in [0.5, 0.6) is 0 Å². The van der Waals surface area contributed by atoms with Crippen molar-refractivity contribution >= 4 is 23.2 Å². The topological polar surface area (TPSA) is 80.9 Å². The number of anilines is 1. The molecule has 0 aliphatic rings. The molecule has 3 rings (SSSR count). The second kappa shape index (κ2) is 7.18. The van der Waals surface area contributed by atoms with E-state index in [9.17, 15) is 9.18 Å². The molecule has 0 atom stereocenters. The van der Waals surface area contributed by atoms with Crippen molar-refractivity contribution in [3.8, 4) is 11.5 Å². The third kappa shape index (κ3) is 3.94. The third-order valence-electron chi connectivity index (χ3n) is 3.13. The van der Waals surface area contributed by atoms with E-state index in [1.165, 1.54) is 12.1 Å². The summed E-state index contributed by atoms with van der Waals surface area (Å²) in [7, 11) is 0. The number of hydrogen-bond acceptors (Lipinski definition) is 5. The van der Waals surface area contributed by atoms with Crippen LogP contribution in [0.25, 0.3) is 11.5 Å². The summed E-state index contributed by atoms with van der Waals surface area (Å²) in [6.07, 6.45) is 1.94. The van der Waals surface area contributed by atoms with Crippen LogP contribution in [0.15, 0.2) is 47.1 Å². The maximum Gasteiger partial charge on any atom is 0.227 e. The lowest BCUT2D eigenvalue weighted by atomic mass is 10.2. The minimum atomic E-state index is -0.592. The smallest absolute Gasteiger partial charge is 0.227 e. The Morgan fingerprint density at radius 2 is 2.17 bits per heavy atom. The van der Waals surface area contributed by atoms with Gasteiger partial charge in [-0.1, -0.05) is 22.8 Å². The zero-order chi connectivity index (χ0) is 16.9. The fourth-order valence-corrected chi connectivity index (χ4v) is 2.14. The van der Waals surface area contributed by atoms with Crippen LogP contribution in [0, 0.1) is 5.82 Å². The second-order valence-corrected chi connectivity index (χ2v) is 5.34. The SMILES string of the molecule is O=C(CCc1nc(-c2ccccn2)no1)Nc1ccc(Cl)cc1F. The van der Waals surface area contributed by atoms with Gasteiger partial charge in [-0.15, -0.1) is 0 Å². The van der Waals surface area contributed by atoms with Gasteiger partial charge in [0.2, 0.25) is 17.6 Å². The highest BCUT2D eigenvalue weighted by molar-refractivity contribution is 6.30. The number of nitrogens with one attached hydrogen (secondary N) is 1. The summed E-state index contributed by atoms with van der Waals surface area (Å²) in [5.74, 6) is -0.294. The van der Waals surface area contributed by atoms with Crippen molar-refractivity contribution < 1.29 is 13.7 Å². The summed E-state index contributed by atoms with van der Waals surface area (Å²) < 4.78 is 18.7. The lowest BCUT2D eigenvalue weighted by Gasteiger charge is -2.05. The normalized spacial score (nSPS) is 10.6. The summed E-state index contributed by atoms with van der Waals surface area (Å²) in [6, 6.07) is 9.38. The molecule has 8 heteroatoms. The number of benzene rings is 1. The zero-order valence-electron chi connectivity index (χ0n) is 12.4. The molecule has 0 saturated carbocycles. The van der Waals surface area contributed by atoms with E-state index in [4.69, 9.17) is 16.1 Å². The van der Waals surface area contributed by atoms with Gasteiger partial charge in [0, 0.05) is 24.1 Å². The largest absolute Gasteiger partial charge is 0.339 e. The van der Waals surface area contributed by atoms with Crippen LogP contribution >= 0.6 is 11.6 Å². The van der Waals surface area contributed by atoms with Crippen LogP contribution in [0.3, 0.4) is 0 Å². The zero-order valence-corrected chi connectivity index (χ0v) is 13.1. The molecule has 3 aromatic rings. The highest BCUT2D eigenvalue weighted by atomic mass is 35.5. The number of rotatable bonds is 5. The Morgan fingerprint density at radius 1 is 1.29 bits per heavy atom. The van der Waals surface area contributed by atoms with Gasteiger partial charge in [-0.05, 0) is 30.3 Å². The minimum absolute atomic E-state index is 0.0732. The molecule has 1 amide bonds. The van der Waals surface area contributed by atoms with Gasteiger partial charge in [0.15, 0.2) is 0 Å². The van der Waals surface area contributed by atoms with Gasteiger partial charge in [-0.2, -0.15) is 4.98 Å².